The lowest BCUT2D eigenvalue weighted by Crippen LogP contribution is -2.42. The van der Waals surface area contributed by atoms with Crippen LogP contribution in [0.25, 0.3) is 0 Å². The van der Waals surface area contributed by atoms with Crippen LogP contribution in [0.1, 0.15) is 36.6 Å². The topological polar surface area (TPSA) is 63.7 Å². The molecule has 0 saturated carbocycles. The molecular formula is C20H25NO4S2. The Balaban J connectivity index is 1.67. The molecule has 1 atom stereocenters. The molecule has 1 aromatic heterocycles. The Morgan fingerprint density at radius 2 is 2.00 bits per heavy atom. The molecule has 1 aliphatic rings. The number of nitrogens with zero attached hydrogens (tertiary/aromatic N) is 1. The van der Waals surface area contributed by atoms with Crippen molar-refractivity contribution in [1.29, 1.82) is 0 Å². The average molecular weight is 408 g/mol. The van der Waals surface area contributed by atoms with Gasteiger partial charge in [-0.1, -0.05) is 32.0 Å². The van der Waals surface area contributed by atoms with Crippen LogP contribution in [0.2, 0.25) is 0 Å². The maximum atomic E-state index is 12.8. The normalized spacial score (nSPS) is 18.6. The molecular weight excluding hydrogens is 382 g/mol. The van der Waals surface area contributed by atoms with Crippen molar-refractivity contribution in [3.8, 4) is 5.75 Å². The van der Waals surface area contributed by atoms with Gasteiger partial charge in [0.1, 0.15) is 5.75 Å². The van der Waals surface area contributed by atoms with Crippen molar-refractivity contribution in [3.05, 3.63) is 52.2 Å². The number of rotatable bonds is 7. The first kappa shape index (κ1) is 19.9. The molecule has 27 heavy (non-hydrogen) atoms. The number of thiophene rings is 1. The molecule has 1 aliphatic heterocycles. The highest BCUT2D eigenvalue weighted by Gasteiger charge is 2.34. The van der Waals surface area contributed by atoms with Crippen LogP contribution in [-0.4, -0.2) is 43.4 Å². The smallest absolute Gasteiger partial charge is 0.261 e. The molecule has 0 aliphatic carbocycles. The minimum Gasteiger partial charge on any atom is -0.484 e. The number of hydrogen-bond donors (Lipinski definition) is 0. The Morgan fingerprint density at radius 1 is 1.26 bits per heavy atom. The van der Waals surface area contributed by atoms with Crippen LogP contribution in [0, 0.1) is 0 Å². The van der Waals surface area contributed by atoms with Gasteiger partial charge in [-0.15, -0.1) is 11.3 Å². The van der Waals surface area contributed by atoms with Crippen LogP contribution in [0.3, 0.4) is 0 Å². The lowest BCUT2D eigenvalue weighted by Gasteiger charge is -2.28. The van der Waals surface area contributed by atoms with E-state index in [2.05, 4.69) is 13.8 Å². The van der Waals surface area contributed by atoms with E-state index in [-0.39, 0.29) is 30.1 Å². The lowest BCUT2D eigenvalue weighted by molar-refractivity contribution is -0.135. The fourth-order valence-corrected chi connectivity index (χ4v) is 5.62. The first-order valence-corrected chi connectivity index (χ1v) is 11.8. The molecule has 1 saturated heterocycles. The van der Waals surface area contributed by atoms with E-state index in [0.29, 0.717) is 24.6 Å². The van der Waals surface area contributed by atoms with E-state index in [1.807, 2.05) is 41.8 Å². The minimum atomic E-state index is -3.06. The number of carbonyl (C=O) groups excluding carboxylic acids is 1. The van der Waals surface area contributed by atoms with Crippen molar-refractivity contribution in [1.82, 2.24) is 4.90 Å². The molecule has 0 radical (unpaired) electrons. The molecule has 0 bridgehead atoms. The Morgan fingerprint density at radius 3 is 2.56 bits per heavy atom. The monoisotopic (exact) mass is 407 g/mol. The summed E-state index contributed by atoms with van der Waals surface area (Å²) in [7, 11) is -3.06. The predicted octanol–water partition coefficient (Wildman–Crippen LogP) is 3.47. The number of hydrogen-bond acceptors (Lipinski definition) is 5. The van der Waals surface area contributed by atoms with E-state index < -0.39 is 9.84 Å². The van der Waals surface area contributed by atoms with Crippen molar-refractivity contribution in [2.24, 2.45) is 0 Å². The van der Waals surface area contributed by atoms with Crippen molar-refractivity contribution in [3.63, 3.8) is 0 Å². The van der Waals surface area contributed by atoms with Crippen LogP contribution in [0.15, 0.2) is 41.8 Å². The minimum absolute atomic E-state index is 0.0349. The van der Waals surface area contributed by atoms with E-state index in [0.717, 1.165) is 4.88 Å². The van der Waals surface area contributed by atoms with Crippen LogP contribution in [0.4, 0.5) is 0 Å². The average Bonchev–Trinajstić information content (AvgIpc) is 3.27. The van der Waals surface area contributed by atoms with Gasteiger partial charge in [0.05, 0.1) is 18.1 Å². The first-order valence-electron chi connectivity index (χ1n) is 9.09. The van der Waals surface area contributed by atoms with Gasteiger partial charge in [-0.25, -0.2) is 8.42 Å². The van der Waals surface area contributed by atoms with E-state index in [1.165, 1.54) is 5.56 Å². The zero-order valence-electron chi connectivity index (χ0n) is 15.6. The van der Waals surface area contributed by atoms with E-state index in [4.69, 9.17) is 4.74 Å². The van der Waals surface area contributed by atoms with Crippen LogP contribution in [0.5, 0.6) is 5.75 Å². The molecule has 2 aromatic rings. The Kier molecular flexibility index (Phi) is 6.22. The zero-order valence-corrected chi connectivity index (χ0v) is 17.3. The molecule has 0 N–H and O–H groups in total. The van der Waals surface area contributed by atoms with Crippen molar-refractivity contribution < 1.29 is 17.9 Å². The van der Waals surface area contributed by atoms with Gasteiger partial charge in [-0.05, 0) is 41.5 Å². The van der Waals surface area contributed by atoms with Crippen LogP contribution in [-0.2, 0) is 21.2 Å². The SMILES string of the molecule is CC(C)c1ccc(OCC(=O)N(Cc2cccs2)[C@@H]2CCS(=O)(=O)C2)cc1. The molecule has 1 aromatic carbocycles. The van der Waals surface area contributed by atoms with Gasteiger partial charge in [0.25, 0.3) is 5.91 Å². The molecule has 1 amide bonds. The van der Waals surface area contributed by atoms with Gasteiger partial charge in [0.2, 0.25) is 0 Å². The number of benzene rings is 1. The molecule has 5 nitrogen and oxygen atoms in total. The second-order valence-electron chi connectivity index (χ2n) is 7.17. The van der Waals surface area contributed by atoms with E-state index in [9.17, 15) is 13.2 Å². The van der Waals surface area contributed by atoms with E-state index in [1.54, 1.807) is 16.2 Å². The number of ether oxygens (including phenoxy) is 1. The molecule has 0 spiro atoms. The number of sulfone groups is 1. The van der Waals surface area contributed by atoms with Gasteiger partial charge in [-0.2, -0.15) is 0 Å². The molecule has 3 rings (SSSR count). The van der Waals surface area contributed by atoms with Gasteiger partial charge in [-0.3, -0.25) is 4.79 Å². The summed E-state index contributed by atoms with van der Waals surface area (Å²) >= 11 is 1.56. The molecule has 0 unspecified atom stereocenters. The number of carbonyl (C=O) groups is 1. The molecule has 146 valence electrons. The van der Waals surface area contributed by atoms with Gasteiger partial charge in [0.15, 0.2) is 16.4 Å². The first-order chi connectivity index (χ1) is 12.8. The van der Waals surface area contributed by atoms with Crippen molar-refractivity contribution in [2.45, 2.75) is 38.8 Å². The van der Waals surface area contributed by atoms with Gasteiger partial charge >= 0.3 is 0 Å². The Labute approximate surface area is 164 Å². The molecule has 1 fully saturated rings. The van der Waals surface area contributed by atoms with E-state index >= 15 is 0 Å². The summed E-state index contributed by atoms with van der Waals surface area (Å²) in [6.07, 6.45) is 0.489. The van der Waals surface area contributed by atoms with Crippen LogP contribution >= 0.6 is 11.3 Å². The summed E-state index contributed by atoms with van der Waals surface area (Å²) in [6.45, 7) is 4.57. The summed E-state index contributed by atoms with van der Waals surface area (Å²) in [4.78, 5) is 15.5. The molecule has 2 heterocycles. The predicted molar refractivity (Wildman–Crippen MR) is 108 cm³/mol. The third-order valence-electron chi connectivity index (χ3n) is 4.78. The highest BCUT2D eigenvalue weighted by atomic mass is 32.2. The summed E-state index contributed by atoms with van der Waals surface area (Å²) < 4.78 is 29.4. The Bertz CT molecular complexity index is 858. The van der Waals surface area contributed by atoms with Gasteiger partial charge < -0.3 is 9.64 Å². The number of amides is 1. The van der Waals surface area contributed by atoms with Crippen molar-refractivity contribution >= 4 is 27.1 Å². The third kappa shape index (κ3) is 5.32. The second kappa shape index (κ2) is 8.44. The fraction of sp³-hybridized carbons (Fsp3) is 0.450. The maximum Gasteiger partial charge on any atom is 0.261 e. The summed E-state index contributed by atoms with van der Waals surface area (Å²) in [5, 5.41) is 1.95. The lowest BCUT2D eigenvalue weighted by atomic mass is 10.0. The highest BCUT2D eigenvalue weighted by molar-refractivity contribution is 7.91. The zero-order chi connectivity index (χ0) is 19.4. The Hall–Kier alpha value is -1.86. The molecule has 7 heteroatoms. The fourth-order valence-electron chi connectivity index (χ4n) is 3.19. The second-order valence-corrected chi connectivity index (χ2v) is 10.4. The standard InChI is InChI=1S/C20H25NO4S2/c1-15(2)16-5-7-18(8-6-16)25-13-20(22)21(12-19-4-3-10-26-19)17-9-11-27(23,24)14-17/h3-8,10,15,17H,9,11-14H2,1-2H3/t17-/m1/s1. The van der Waals surface area contributed by atoms with Gasteiger partial charge in [0, 0.05) is 10.9 Å². The van der Waals surface area contributed by atoms with Crippen molar-refractivity contribution in [2.75, 3.05) is 18.1 Å². The quantitative estimate of drug-likeness (QED) is 0.705. The highest BCUT2D eigenvalue weighted by Crippen LogP contribution is 2.23. The third-order valence-corrected chi connectivity index (χ3v) is 7.40. The summed E-state index contributed by atoms with van der Waals surface area (Å²) in [5.74, 6) is 1.07. The summed E-state index contributed by atoms with van der Waals surface area (Å²) in [5.41, 5.74) is 1.21. The summed E-state index contributed by atoms with van der Waals surface area (Å²) in [6, 6.07) is 11.3. The van der Waals surface area contributed by atoms with Crippen LogP contribution < -0.4 is 4.74 Å². The largest absolute Gasteiger partial charge is 0.484 e. The maximum absolute atomic E-state index is 12.8.